The Morgan fingerprint density at radius 3 is 2.33 bits per heavy atom. The predicted octanol–water partition coefficient (Wildman–Crippen LogP) is 4.32. The summed E-state index contributed by atoms with van der Waals surface area (Å²) in [5.41, 5.74) is 3.23. The van der Waals surface area contributed by atoms with Crippen LogP contribution in [-0.2, 0) is 0 Å². The van der Waals surface area contributed by atoms with E-state index in [-0.39, 0.29) is 11.9 Å². The molecule has 1 amide bonds. The number of nitrogens with zero attached hydrogens (tertiary/aromatic N) is 1. The molecule has 3 rings (SSSR count). The van der Waals surface area contributed by atoms with E-state index in [1.54, 1.807) is 0 Å². The lowest BCUT2D eigenvalue weighted by molar-refractivity contribution is 0.0938. The third-order valence-corrected chi connectivity index (χ3v) is 5.13. The molecule has 1 atom stereocenters. The second kappa shape index (κ2) is 7.95. The molecule has 1 N–H and O–H groups in total. The molecule has 0 aliphatic carbocycles. The summed E-state index contributed by atoms with van der Waals surface area (Å²) in [4.78, 5) is 14.9. The van der Waals surface area contributed by atoms with Crippen LogP contribution < -0.4 is 5.32 Å². The summed E-state index contributed by atoms with van der Waals surface area (Å²) in [6.45, 7) is 4.95. The van der Waals surface area contributed by atoms with Gasteiger partial charge in [-0.1, -0.05) is 45.8 Å². The Kier molecular flexibility index (Phi) is 5.69. The van der Waals surface area contributed by atoms with Crippen LogP contribution in [0.1, 0.15) is 40.4 Å². The molecule has 1 saturated heterocycles. The standard InChI is InChI=1S/C20H23BrN2O/c1-15-4-6-16(7-5-15)19(23-12-2-3-13-23)14-22-20(24)17-8-10-18(21)11-9-17/h4-11,19H,2-3,12-14H2,1H3,(H,22,24)/t19-/m0/s1. The number of nitrogens with one attached hydrogen (secondary N) is 1. The SMILES string of the molecule is Cc1ccc([C@H](CNC(=O)c2ccc(Br)cc2)N2CCCC2)cc1. The Morgan fingerprint density at radius 2 is 1.71 bits per heavy atom. The first kappa shape index (κ1) is 17.2. The van der Waals surface area contributed by atoms with E-state index in [0.29, 0.717) is 12.1 Å². The quantitative estimate of drug-likeness (QED) is 0.829. The normalized spacial score (nSPS) is 16.1. The first-order valence-electron chi connectivity index (χ1n) is 8.48. The van der Waals surface area contributed by atoms with E-state index in [0.717, 1.165) is 17.6 Å². The third-order valence-electron chi connectivity index (χ3n) is 4.61. The molecule has 1 aliphatic rings. The van der Waals surface area contributed by atoms with Gasteiger partial charge >= 0.3 is 0 Å². The molecule has 0 spiro atoms. The van der Waals surface area contributed by atoms with Gasteiger partial charge in [-0.2, -0.15) is 0 Å². The van der Waals surface area contributed by atoms with Crippen LogP contribution >= 0.6 is 15.9 Å². The van der Waals surface area contributed by atoms with Crippen LogP contribution in [-0.4, -0.2) is 30.4 Å². The average molecular weight is 387 g/mol. The van der Waals surface area contributed by atoms with Crippen molar-refractivity contribution in [3.63, 3.8) is 0 Å². The molecule has 0 unspecified atom stereocenters. The lowest BCUT2D eigenvalue weighted by Gasteiger charge is -2.28. The van der Waals surface area contributed by atoms with Gasteiger partial charge in [-0.05, 0) is 62.7 Å². The van der Waals surface area contributed by atoms with Gasteiger partial charge in [-0.15, -0.1) is 0 Å². The third kappa shape index (κ3) is 4.25. The minimum Gasteiger partial charge on any atom is -0.350 e. The largest absolute Gasteiger partial charge is 0.350 e. The van der Waals surface area contributed by atoms with Crippen LogP contribution in [0.4, 0.5) is 0 Å². The second-order valence-corrected chi connectivity index (χ2v) is 7.30. The van der Waals surface area contributed by atoms with E-state index in [1.165, 1.54) is 24.0 Å². The molecule has 0 radical (unpaired) electrons. The number of hydrogen-bond acceptors (Lipinski definition) is 2. The number of hydrogen-bond donors (Lipinski definition) is 1. The molecular formula is C20H23BrN2O. The molecule has 0 aromatic heterocycles. The van der Waals surface area contributed by atoms with Crippen LogP contribution in [0.3, 0.4) is 0 Å². The molecule has 1 heterocycles. The fourth-order valence-electron chi connectivity index (χ4n) is 3.19. The first-order chi connectivity index (χ1) is 11.6. The van der Waals surface area contributed by atoms with Gasteiger partial charge in [0.25, 0.3) is 5.91 Å². The van der Waals surface area contributed by atoms with Crippen molar-refractivity contribution in [3.05, 3.63) is 69.7 Å². The summed E-state index contributed by atoms with van der Waals surface area (Å²) in [6, 6.07) is 16.4. The lowest BCUT2D eigenvalue weighted by Crippen LogP contribution is -2.36. The lowest BCUT2D eigenvalue weighted by atomic mass is 10.0. The van der Waals surface area contributed by atoms with Gasteiger partial charge < -0.3 is 5.32 Å². The van der Waals surface area contributed by atoms with Crippen molar-refractivity contribution in [1.29, 1.82) is 0 Å². The molecule has 0 saturated carbocycles. The number of carbonyl (C=O) groups is 1. The van der Waals surface area contributed by atoms with Crippen molar-refractivity contribution in [1.82, 2.24) is 10.2 Å². The number of aryl methyl sites for hydroxylation is 1. The summed E-state index contributed by atoms with van der Waals surface area (Å²) in [5.74, 6) is -0.0150. The molecule has 3 nitrogen and oxygen atoms in total. The zero-order chi connectivity index (χ0) is 16.9. The fraction of sp³-hybridized carbons (Fsp3) is 0.350. The van der Waals surface area contributed by atoms with Gasteiger partial charge in [-0.3, -0.25) is 9.69 Å². The van der Waals surface area contributed by atoms with Crippen LogP contribution in [0.5, 0.6) is 0 Å². The monoisotopic (exact) mass is 386 g/mol. The summed E-state index contributed by atoms with van der Waals surface area (Å²) in [7, 11) is 0. The van der Waals surface area contributed by atoms with Gasteiger partial charge in [0.2, 0.25) is 0 Å². The maximum atomic E-state index is 12.4. The Bertz CT molecular complexity index is 676. The summed E-state index contributed by atoms with van der Waals surface area (Å²) in [5, 5.41) is 3.11. The van der Waals surface area contributed by atoms with Gasteiger partial charge in [0.15, 0.2) is 0 Å². The topological polar surface area (TPSA) is 32.3 Å². The molecular weight excluding hydrogens is 364 g/mol. The molecule has 126 valence electrons. The maximum absolute atomic E-state index is 12.4. The van der Waals surface area contributed by atoms with Gasteiger partial charge in [-0.25, -0.2) is 0 Å². The summed E-state index contributed by atoms with van der Waals surface area (Å²) < 4.78 is 0.980. The fourth-order valence-corrected chi connectivity index (χ4v) is 3.46. The molecule has 2 aromatic rings. The molecule has 1 fully saturated rings. The minimum atomic E-state index is -0.0150. The van der Waals surface area contributed by atoms with Crippen LogP contribution in [0, 0.1) is 6.92 Å². The zero-order valence-electron chi connectivity index (χ0n) is 14.0. The van der Waals surface area contributed by atoms with E-state index < -0.39 is 0 Å². The molecule has 1 aliphatic heterocycles. The second-order valence-electron chi connectivity index (χ2n) is 6.39. The average Bonchev–Trinajstić information content (AvgIpc) is 3.11. The van der Waals surface area contributed by atoms with Gasteiger partial charge in [0, 0.05) is 16.6 Å². The van der Waals surface area contributed by atoms with Crippen molar-refractivity contribution in [2.24, 2.45) is 0 Å². The van der Waals surface area contributed by atoms with Crippen LogP contribution in [0.15, 0.2) is 53.0 Å². The van der Waals surface area contributed by atoms with Crippen molar-refractivity contribution in [2.75, 3.05) is 19.6 Å². The number of carbonyl (C=O) groups excluding carboxylic acids is 1. The van der Waals surface area contributed by atoms with Crippen molar-refractivity contribution < 1.29 is 4.79 Å². The van der Waals surface area contributed by atoms with Crippen molar-refractivity contribution in [2.45, 2.75) is 25.8 Å². The van der Waals surface area contributed by atoms with E-state index >= 15 is 0 Å². The van der Waals surface area contributed by atoms with E-state index in [1.807, 2.05) is 24.3 Å². The van der Waals surface area contributed by atoms with E-state index in [4.69, 9.17) is 0 Å². The Balaban J connectivity index is 1.70. The van der Waals surface area contributed by atoms with Gasteiger partial charge in [0.1, 0.15) is 0 Å². The van der Waals surface area contributed by atoms with Crippen LogP contribution in [0.25, 0.3) is 0 Å². The summed E-state index contributed by atoms with van der Waals surface area (Å²) >= 11 is 3.40. The molecule has 4 heteroatoms. The highest BCUT2D eigenvalue weighted by Crippen LogP contribution is 2.25. The first-order valence-corrected chi connectivity index (χ1v) is 9.27. The molecule has 2 aromatic carbocycles. The van der Waals surface area contributed by atoms with Crippen LogP contribution in [0.2, 0.25) is 0 Å². The van der Waals surface area contributed by atoms with Crippen molar-refractivity contribution in [3.8, 4) is 0 Å². The smallest absolute Gasteiger partial charge is 0.251 e. The zero-order valence-corrected chi connectivity index (χ0v) is 15.6. The molecule has 0 bridgehead atoms. The minimum absolute atomic E-state index is 0.0150. The Hall–Kier alpha value is -1.65. The Morgan fingerprint density at radius 1 is 1.08 bits per heavy atom. The Labute approximate surface area is 152 Å². The number of likely N-dealkylation sites (tertiary alicyclic amines) is 1. The number of halogens is 1. The summed E-state index contributed by atoms with van der Waals surface area (Å²) in [6.07, 6.45) is 2.48. The predicted molar refractivity (Wildman–Crippen MR) is 101 cm³/mol. The highest BCUT2D eigenvalue weighted by atomic mass is 79.9. The number of amides is 1. The highest BCUT2D eigenvalue weighted by molar-refractivity contribution is 9.10. The van der Waals surface area contributed by atoms with Crippen molar-refractivity contribution >= 4 is 21.8 Å². The van der Waals surface area contributed by atoms with E-state index in [2.05, 4.69) is 57.3 Å². The highest BCUT2D eigenvalue weighted by Gasteiger charge is 2.24. The number of benzene rings is 2. The maximum Gasteiger partial charge on any atom is 0.251 e. The number of rotatable bonds is 5. The molecule has 24 heavy (non-hydrogen) atoms. The van der Waals surface area contributed by atoms with E-state index in [9.17, 15) is 4.79 Å². The van der Waals surface area contributed by atoms with Gasteiger partial charge in [0.05, 0.1) is 6.04 Å².